The van der Waals surface area contributed by atoms with E-state index in [1.54, 1.807) is 28.3 Å². The quantitative estimate of drug-likeness (QED) is 0.922. The van der Waals surface area contributed by atoms with Crippen LogP contribution >= 0.6 is 22.9 Å². The molecule has 4 nitrogen and oxygen atoms in total. The molecule has 1 aliphatic carbocycles. The Hall–Kier alpha value is -1.33. The standard InChI is InChI=1S/C13H14ClN3OS/c14-11-4-3-10(19-11)5-6-15-12-13(18)17(8-7-16-12)9-1-2-9/h3-4,7-9H,1-2,5-6H2,(H,15,16). The summed E-state index contributed by atoms with van der Waals surface area (Å²) in [4.78, 5) is 17.4. The van der Waals surface area contributed by atoms with Crippen LogP contribution in [0.3, 0.4) is 0 Å². The molecule has 1 N–H and O–H groups in total. The number of thiophene rings is 1. The fourth-order valence-corrected chi connectivity index (χ4v) is 3.06. The van der Waals surface area contributed by atoms with E-state index in [-0.39, 0.29) is 5.56 Å². The second-order valence-corrected chi connectivity index (χ2v) is 6.40. The maximum atomic E-state index is 12.1. The third kappa shape index (κ3) is 2.98. The maximum absolute atomic E-state index is 12.1. The van der Waals surface area contributed by atoms with Crippen molar-refractivity contribution in [2.24, 2.45) is 0 Å². The molecule has 19 heavy (non-hydrogen) atoms. The Kier molecular flexibility index (Phi) is 3.57. The Bertz CT molecular complexity index is 633. The number of aromatic nitrogens is 2. The van der Waals surface area contributed by atoms with E-state index >= 15 is 0 Å². The molecule has 1 aliphatic rings. The van der Waals surface area contributed by atoms with Gasteiger partial charge in [-0.05, 0) is 31.4 Å². The Morgan fingerprint density at radius 1 is 1.47 bits per heavy atom. The highest BCUT2D eigenvalue weighted by molar-refractivity contribution is 7.16. The van der Waals surface area contributed by atoms with Crippen LogP contribution in [0.4, 0.5) is 5.82 Å². The number of halogens is 1. The fraction of sp³-hybridized carbons (Fsp3) is 0.385. The highest BCUT2D eigenvalue weighted by atomic mass is 35.5. The van der Waals surface area contributed by atoms with Gasteiger partial charge in [-0.3, -0.25) is 4.79 Å². The smallest absolute Gasteiger partial charge is 0.293 e. The number of anilines is 1. The number of hydrogen-bond donors (Lipinski definition) is 1. The van der Waals surface area contributed by atoms with Crippen molar-refractivity contribution >= 4 is 28.8 Å². The van der Waals surface area contributed by atoms with Crippen LogP contribution in [0.1, 0.15) is 23.8 Å². The molecule has 6 heteroatoms. The summed E-state index contributed by atoms with van der Waals surface area (Å²) in [6.45, 7) is 0.688. The van der Waals surface area contributed by atoms with Crippen molar-refractivity contribution in [3.63, 3.8) is 0 Å². The SMILES string of the molecule is O=c1c(NCCc2ccc(Cl)s2)nccn1C1CC1. The first-order chi connectivity index (χ1) is 9.24. The van der Waals surface area contributed by atoms with E-state index in [9.17, 15) is 4.79 Å². The van der Waals surface area contributed by atoms with E-state index in [0.717, 1.165) is 23.6 Å². The molecule has 2 aromatic heterocycles. The predicted octanol–water partition coefficient (Wildman–Crippen LogP) is 2.95. The lowest BCUT2D eigenvalue weighted by Crippen LogP contribution is -2.24. The van der Waals surface area contributed by atoms with Gasteiger partial charge in [-0.2, -0.15) is 0 Å². The van der Waals surface area contributed by atoms with E-state index in [1.165, 1.54) is 4.88 Å². The molecule has 0 bridgehead atoms. The number of nitrogens with zero attached hydrogens (tertiary/aromatic N) is 2. The lowest BCUT2D eigenvalue weighted by molar-refractivity contribution is 0.699. The minimum Gasteiger partial charge on any atom is -0.365 e. The summed E-state index contributed by atoms with van der Waals surface area (Å²) in [5.41, 5.74) is -0.0192. The molecule has 2 aromatic rings. The Morgan fingerprint density at radius 2 is 2.32 bits per heavy atom. The number of nitrogens with one attached hydrogen (secondary N) is 1. The first kappa shape index (κ1) is 12.7. The molecule has 0 aromatic carbocycles. The van der Waals surface area contributed by atoms with Gasteiger partial charge in [0.25, 0.3) is 5.56 Å². The van der Waals surface area contributed by atoms with Gasteiger partial charge in [-0.15, -0.1) is 11.3 Å². The average molecular weight is 296 g/mol. The van der Waals surface area contributed by atoms with E-state index < -0.39 is 0 Å². The molecular formula is C13H14ClN3OS. The van der Waals surface area contributed by atoms with Crippen LogP contribution in [0.15, 0.2) is 29.3 Å². The maximum Gasteiger partial charge on any atom is 0.293 e. The summed E-state index contributed by atoms with van der Waals surface area (Å²) < 4.78 is 2.57. The van der Waals surface area contributed by atoms with Crippen LogP contribution in [0.2, 0.25) is 4.34 Å². The monoisotopic (exact) mass is 295 g/mol. The summed E-state index contributed by atoms with van der Waals surface area (Å²) in [5, 5.41) is 3.11. The molecule has 0 aliphatic heterocycles. The van der Waals surface area contributed by atoms with Crippen molar-refractivity contribution in [1.29, 1.82) is 0 Å². The van der Waals surface area contributed by atoms with Crippen LogP contribution in [0.25, 0.3) is 0 Å². The van der Waals surface area contributed by atoms with Crippen molar-refractivity contribution in [2.45, 2.75) is 25.3 Å². The topological polar surface area (TPSA) is 46.9 Å². The van der Waals surface area contributed by atoms with Crippen LogP contribution in [-0.4, -0.2) is 16.1 Å². The molecule has 0 radical (unpaired) electrons. The summed E-state index contributed by atoms with van der Waals surface area (Å²) >= 11 is 7.44. The van der Waals surface area contributed by atoms with Crippen LogP contribution in [-0.2, 0) is 6.42 Å². The first-order valence-electron chi connectivity index (χ1n) is 6.29. The van der Waals surface area contributed by atoms with E-state index in [0.29, 0.717) is 18.4 Å². The zero-order chi connectivity index (χ0) is 13.2. The second kappa shape index (κ2) is 5.35. The lowest BCUT2D eigenvalue weighted by atomic mass is 10.3. The minimum atomic E-state index is -0.0192. The van der Waals surface area contributed by atoms with Crippen LogP contribution in [0.5, 0.6) is 0 Å². The van der Waals surface area contributed by atoms with Gasteiger partial charge >= 0.3 is 0 Å². The molecule has 100 valence electrons. The molecule has 0 spiro atoms. The van der Waals surface area contributed by atoms with Gasteiger partial charge in [0.1, 0.15) is 0 Å². The normalized spacial score (nSPS) is 14.6. The van der Waals surface area contributed by atoms with Crippen LogP contribution < -0.4 is 10.9 Å². The summed E-state index contributed by atoms with van der Waals surface area (Å²) in [7, 11) is 0. The van der Waals surface area contributed by atoms with Gasteiger partial charge in [0.2, 0.25) is 0 Å². The Labute approximate surface area is 120 Å². The largest absolute Gasteiger partial charge is 0.365 e. The van der Waals surface area contributed by atoms with Crippen molar-refractivity contribution in [2.75, 3.05) is 11.9 Å². The second-order valence-electron chi connectivity index (χ2n) is 4.60. The molecule has 0 unspecified atom stereocenters. The highest BCUT2D eigenvalue weighted by Crippen LogP contribution is 2.33. The molecule has 3 rings (SSSR count). The molecule has 1 fully saturated rings. The van der Waals surface area contributed by atoms with Crippen LogP contribution in [0, 0.1) is 0 Å². The van der Waals surface area contributed by atoms with Crippen molar-refractivity contribution in [3.05, 3.63) is 44.1 Å². The van der Waals surface area contributed by atoms with Gasteiger partial charge in [0.05, 0.1) is 4.34 Å². The molecule has 0 amide bonds. The highest BCUT2D eigenvalue weighted by Gasteiger charge is 2.25. The minimum absolute atomic E-state index is 0.0192. The van der Waals surface area contributed by atoms with Gasteiger partial charge < -0.3 is 9.88 Å². The van der Waals surface area contributed by atoms with Crippen molar-refractivity contribution in [1.82, 2.24) is 9.55 Å². The average Bonchev–Trinajstić information content (AvgIpc) is 3.15. The fourth-order valence-electron chi connectivity index (χ4n) is 1.98. The first-order valence-corrected chi connectivity index (χ1v) is 7.49. The van der Waals surface area contributed by atoms with Gasteiger partial charge in [-0.1, -0.05) is 11.6 Å². The third-order valence-electron chi connectivity index (χ3n) is 3.10. The Morgan fingerprint density at radius 3 is 3.00 bits per heavy atom. The molecule has 2 heterocycles. The Balaban J connectivity index is 1.63. The van der Waals surface area contributed by atoms with Gasteiger partial charge in [0, 0.05) is 29.9 Å². The van der Waals surface area contributed by atoms with Crippen molar-refractivity contribution in [3.8, 4) is 0 Å². The molecular weight excluding hydrogens is 282 g/mol. The van der Waals surface area contributed by atoms with E-state index in [1.807, 2.05) is 12.1 Å². The predicted molar refractivity (Wildman–Crippen MR) is 78.3 cm³/mol. The third-order valence-corrected chi connectivity index (χ3v) is 4.39. The molecule has 0 saturated heterocycles. The summed E-state index contributed by atoms with van der Waals surface area (Å²) in [6, 6.07) is 4.28. The summed E-state index contributed by atoms with van der Waals surface area (Å²) in [5.74, 6) is 0.442. The van der Waals surface area contributed by atoms with E-state index in [2.05, 4.69) is 10.3 Å². The zero-order valence-corrected chi connectivity index (χ0v) is 11.9. The van der Waals surface area contributed by atoms with E-state index in [4.69, 9.17) is 11.6 Å². The number of hydrogen-bond acceptors (Lipinski definition) is 4. The summed E-state index contributed by atoms with van der Waals surface area (Å²) in [6.07, 6.45) is 6.49. The van der Waals surface area contributed by atoms with Gasteiger partial charge in [0.15, 0.2) is 5.82 Å². The zero-order valence-electron chi connectivity index (χ0n) is 10.3. The molecule has 0 atom stereocenters. The van der Waals surface area contributed by atoms with Gasteiger partial charge in [-0.25, -0.2) is 4.98 Å². The lowest BCUT2D eigenvalue weighted by Gasteiger charge is -2.07. The number of rotatable bonds is 5. The molecule has 1 saturated carbocycles. The van der Waals surface area contributed by atoms with Crippen molar-refractivity contribution < 1.29 is 0 Å².